The van der Waals surface area contributed by atoms with Crippen LogP contribution in [0.4, 0.5) is 0 Å². The van der Waals surface area contributed by atoms with Gasteiger partial charge in [0, 0.05) is 6.54 Å². The van der Waals surface area contributed by atoms with Crippen LogP contribution in [-0.2, 0) is 24.1 Å². The SMILES string of the molecule is CCOC(=O)c1c(CC)nn(CC)c1CC. The third kappa shape index (κ3) is 2.26. The van der Waals surface area contributed by atoms with E-state index >= 15 is 0 Å². The van der Waals surface area contributed by atoms with Crippen molar-refractivity contribution in [2.45, 2.75) is 47.1 Å². The first-order chi connectivity index (χ1) is 7.69. The molecule has 90 valence electrons. The van der Waals surface area contributed by atoms with E-state index in [1.807, 2.05) is 32.4 Å². The zero-order valence-electron chi connectivity index (χ0n) is 10.5. The molecule has 4 heteroatoms. The highest BCUT2D eigenvalue weighted by Crippen LogP contribution is 2.17. The van der Waals surface area contributed by atoms with Crippen LogP contribution in [0, 0.1) is 0 Å². The molecule has 1 heterocycles. The van der Waals surface area contributed by atoms with E-state index in [0.717, 1.165) is 30.8 Å². The third-order valence-corrected chi connectivity index (χ3v) is 2.58. The first kappa shape index (κ1) is 12.7. The van der Waals surface area contributed by atoms with E-state index in [1.54, 1.807) is 0 Å². The average Bonchev–Trinajstić information content (AvgIpc) is 2.66. The van der Waals surface area contributed by atoms with Crippen LogP contribution in [0.25, 0.3) is 0 Å². The number of carbonyl (C=O) groups is 1. The first-order valence-corrected chi connectivity index (χ1v) is 5.95. The fraction of sp³-hybridized carbons (Fsp3) is 0.667. The van der Waals surface area contributed by atoms with Crippen molar-refractivity contribution in [1.82, 2.24) is 9.78 Å². The number of nitrogens with zero attached hydrogens (tertiary/aromatic N) is 2. The Bertz CT molecular complexity index is 369. The van der Waals surface area contributed by atoms with Crippen molar-refractivity contribution in [1.29, 1.82) is 0 Å². The lowest BCUT2D eigenvalue weighted by Gasteiger charge is -2.05. The van der Waals surface area contributed by atoms with Crippen molar-refractivity contribution in [3.63, 3.8) is 0 Å². The zero-order valence-corrected chi connectivity index (χ0v) is 10.5. The standard InChI is InChI=1S/C12H20N2O2/c1-5-9-11(12(15)16-8-4)10(6-2)14(7-3)13-9/h5-8H2,1-4H3. The maximum Gasteiger partial charge on any atom is 0.341 e. The second kappa shape index (κ2) is 5.68. The molecule has 0 aromatic carbocycles. The lowest BCUT2D eigenvalue weighted by atomic mass is 10.1. The molecule has 1 aromatic rings. The first-order valence-electron chi connectivity index (χ1n) is 5.95. The number of ether oxygens (including phenoxy) is 1. The van der Waals surface area contributed by atoms with E-state index in [9.17, 15) is 4.79 Å². The largest absolute Gasteiger partial charge is 0.462 e. The Morgan fingerprint density at radius 3 is 2.38 bits per heavy atom. The van der Waals surface area contributed by atoms with Gasteiger partial charge < -0.3 is 4.74 Å². The van der Waals surface area contributed by atoms with E-state index in [0.29, 0.717) is 12.2 Å². The molecule has 0 saturated heterocycles. The quantitative estimate of drug-likeness (QED) is 0.720. The molecule has 0 aliphatic rings. The van der Waals surface area contributed by atoms with Crippen LogP contribution in [0.5, 0.6) is 0 Å². The van der Waals surface area contributed by atoms with Crippen LogP contribution < -0.4 is 0 Å². The minimum atomic E-state index is -0.240. The van der Waals surface area contributed by atoms with Crippen LogP contribution >= 0.6 is 0 Å². The van der Waals surface area contributed by atoms with Crippen LogP contribution in [0.2, 0.25) is 0 Å². The Hall–Kier alpha value is -1.32. The van der Waals surface area contributed by atoms with E-state index in [4.69, 9.17) is 4.74 Å². The predicted molar refractivity (Wildman–Crippen MR) is 62.6 cm³/mol. The number of aryl methyl sites for hydroxylation is 2. The lowest BCUT2D eigenvalue weighted by Crippen LogP contribution is -2.10. The summed E-state index contributed by atoms with van der Waals surface area (Å²) in [6.45, 7) is 9.08. The number of esters is 1. The fourth-order valence-corrected chi connectivity index (χ4v) is 1.86. The molecular formula is C12H20N2O2. The molecule has 0 spiro atoms. The van der Waals surface area contributed by atoms with Gasteiger partial charge in [0.05, 0.1) is 18.0 Å². The van der Waals surface area contributed by atoms with Crippen molar-refractivity contribution in [3.05, 3.63) is 17.0 Å². The molecule has 0 aliphatic carbocycles. The minimum Gasteiger partial charge on any atom is -0.462 e. The monoisotopic (exact) mass is 224 g/mol. The van der Waals surface area contributed by atoms with Gasteiger partial charge in [-0.3, -0.25) is 4.68 Å². The van der Waals surface area contributed by atoms with E-state index < -0.39 is 0 Å². The number of rotatable bonds is 5. The number of carbonyl (C=O) groups excluding carboxylic acids is 1. The van der Waals surface area contributed by atoms with Gasteiger partial charge in [-0.05, 0) is 26.7 Å². The Morgan fingerprint density at radius 2 is 1.94 bits per heavy atom. The minimum absolute atomic E-state index is 0.240. The van der Waals surface area contributed by atoms with Crippen LogP contribution in [0.3, 0.4) is 0 Å². The predicted octanol–water partition coefficient (Wildman–Crippen LogP) is 2.20. The van der Waals surface area contributed by atoms with Gasteiger partial charge in [0.2, 0.25) is 0 Å². The van der Waals surface area contributed by atoms with Gasteiger partial charge in [-0.15, -0.1) is 0 Å². The van der Waals surface area contributed by atoms with Gasteiger partial charge in [-0.1, -0.05) is 13.8 Å². The van der Waals surface area contributed by atoms with E-state index in [-0.39, 0.29) is 5.97 Å². The molecule has 0 amide bonds. The van der Waals surface area contributed by atoms with E-state index in [1.165, 1.54) is 0 Å². The lowest BCUT2D eigenvalue weighted by molar-refractivity contribution is 0.0523. The molecular weight excluding hydrogens is 204 g/mol. The molecule has 1 aromatic heterocycles. The Labute approximate surface area is 96.6 Å². The zero-order chi connectivity index (χ0) is 12.1. The van der Waals surface area contributed by atoms with Gasteiger partial charge in [0.25, 0.3) is 0 Å². The van der Waals surface area contributed by atoms with Gasteiger partial charge in [-0.2, -0.15) is 5.10 Å². The molecule has 0 saturated carbocycles. The smallest absolute Gasteiger partial charge is 0.341 e. The fourth-order valence-electron chi connectivity index (χ4n) is 1.86. The Morgan fingerprint density at radius 1 is 1.25 bits per heavy atom. The summed E-state index contributed by atoms with van der Waals surface area (Å²) in [6.07, 6.45) is 1.56. The normalized spacial score (nSPS) is 10.5. The van der Waals surface area contributed by atoms with Crippen molar-refractivity contribution >= 4 is 5.97 Å². The molecule has 0 fully saturated rings. The number of aromatic nitrogens is 2. The molecule has 0 atom stereocenters. The molecule has 4 nitrogen and oxygen atoms in total. The average molecular weight is 224 g/mol. The molecule has 1 rings (SSSR count). The highest BCUT2D eigenvalue weighted by molar-refractivity contribution is 5.92. The van der Waals surface area contributed by atoms with Crippen molar-refractivity contribution in [2.75, 3.05) is 6.61 Å². The van der Waals surface area contributed by atoms with Crippen molar-refractivity contribution in [3.8, 4) is 0 Å². The van der Waals surface area contributed by atoms with Crippen molar-refractivity contribution in [2.24, 2.45) is 0 Å². The summed E-state index contributed by atoms with van der Waals surface area (Å²) in [5.74, 6) is -0.240. The van der Waals surface area contributed by atoms with Crippen LogP contribution in [-0.4, -0.2) is 22.4 Å². The second-order valence-corrected chi connectivity index (χ2v) is 3.51. The second-order valence-electron chi connectivity index (χ2n) is 3.51. The van der Waals surface area contributed by atoms with Gasteiger partial charge in [-0.25, -0.2) is 4.79 Å². The molecule has 0 N–H and O–H groups in total. The van der Waals surface area contributed by atoms with Gasteiger partial charge in [0.1, 0.15) is 5.56 Å². The molecule has 0 bridgehead atoms. The van der Waals surface area contributed by atoms with Gasteiger partial charge >= 0.3 is 5.97 Å². The van der Waals surface area contributed by atoms with Crippen molar-refractivity contribution < 1.29 is 9.53 Å². The Balaban J connectivity index is 3.21. The summed E-state index contributed by atoms with van der Waals surface area (Å²) in [4.78, 5) is 11.9. The topological polar surface area (TPSA) is 44.1 Å². The maximum atomic E-state index is 11.9. The summed E-state index contributed by atoms with van der Waals surface area (Å²) in [5, 5.41) is 4.44. The molecule has 0 aliphatic heterocycles. The highest BCUT2D eigenvalue weighted by Gasteiger charge is 2.21. The van der Waals surface area contributed by atoms with Crippen LogP contribution in [0.1, 0.15) is 49.4 Å². The van der Waals surface area contributed by atoms with Crippen LogP contribution in [0.15, 0.2) is 0 Å². The molecule has 0 unspecified atom stereocenters. The summed E-state index contributed by atoms with van der Waals surface area (Å²) >= 11 is 0. The summed E-state index contributed by atoms with van der Waals surface area (Å²) in [7, 11) is 0. The summed E-state index contributed by atoms with van der Waals surface area (Å²) in [5.41, 5.74) is 2.50. The van der Waals surface area contributed by atoms with E-state index in [2.05, 4.69) is 5.10 Å². The molecule has 0 radical (unpaired) electrons. The number of hydrogen-bond acceptors (Lipinski definition) is 3. The number of hydrogen-bond donors (Lipinski definition) is 0. The molecule has 16 heavy (non-hydrogen) atoms. The highest BCUT2D eigenvalue weighted by atomic mass is 16.5. The Kier molecular flexibility index (Phi) is 4.52. The maximum absolute atomic E-state index is 11.9. The summed E-state index contributed by atoms with van der Waals surface area (Å²) in [6, 6.07) is 0. The third-order valence-electron chi connectivity index (χ3n) is 2.58. The van der Waals surface area contributed by atoms with Gasteiger partial charge in [0.15, 0.2) is 0 Å². The summed E-state index contributed by atoms with van der Waals surface area (Å²) < 4.78 is 6.97.